The molecule has 0 radical (unpaired) electrons. The number of hydrogen-bond acceptors (Lipinski definition) is 2. The molecule has 0 aliphatic heterocycles. The smallest absolute Gasteiger partial charge is 0.208 e. The molecule has 0 aliphatic carbocycles. The van der Waals surface area contributed by atoms with E-state index in [-0.39, 0.29) is 5.92 Å². The van der Waals surface area contributed by atoms with Gasteiger partial charge in [0.1, 0.15) is 0 Å². The summed E-state index contributed by atoms with van der Waals surface area (Å²) in [5, 5.41) is 0. The van der Waals surface area contributed by atoms with Crippen LogP contribution in [0.4, 0.5) is 0 Å². The van der Waals surface area contributed by atoms with E-state index in [1.165, 1.54) is 11.8 Å². The summed E-state index contributed by atoms with van der Waals surface area (Å²) in [5.41, 5.74) is 2.36. The van der Waals surface area contributed by atoms with Gasteiger partial charge in [-0.2, -0.15) is 0 Å². The van der Waals surface area contributed by atoms with Crippen molar-refractivity contribution in [3.8, 4) is 0 Å². The zero-order valence-electron chi connectivity index (χ0n) is 9.32. The summed E-state index contributed by atoms with van der Waals surface area (Å²) in [5.74, 6) is 0.195. The Balaban J connectivity index is 2.61. The lowest BCUT2D eigenvalue weighted by Crippen LogP contribution is -2.26. The first-order valence-corrected chi connectivity index (χ1v) is 6.79. The average Bonchev–Trinajstić information content (AvgIpc) is 2.14. The molecular weight excluding hydrogens is 210 g/mol. The van der Waals surface area contributed by atoms with E-state index in [1.807, 2.05) is 38.1 Å². The highest BCUT2D eigenvalue weighted by Gasteiger charge is 2.07. The Morgan fingerprint density at radius 1 is 1.27 bits per heavy atom. The molecule has 0 spiro atoms. The molecule has 1 N–H and O–H groups in total. The van der Waals surface area contributed by atoms with Crippen molar-refractivity contribution in [1.82, 2.24) is 4.72 Å². The van der Waals surface area contributed by atoms with E-state index >= 15 is 0 Å². The lowest BCUT2D eigenvalue weighted by molar-refractivity contribution is 0.581. The minimum absolute atomic E-state index is 0.195. The van der Waals surface area contributed by atoms with E-state index in [0.29, 0.717) is 6.54 Å². The van der Waals surface area contributed by atoms with Crippen molar-refractivity contribution in [3.63, 3.8) is 0 Å². The predicted octanol–water partition coefficient (Wildman–Crippen LogP) is 1.65. The van der Waals surface area contributed by atoms with E-state index in [9.17, 15) is 8.42 Å². The van der Waals surface area contributed by atoms with E-state index in [2.05, 4.69) is 4.72 Å². The third-order valence-electron chi connectivity index (χ3n) is 2.30. The first kappa shape index (κ1) is 12.2. The Labute approximate surface area is 91.6 Å². The predicted molar refractivity (Wildman–Crippen MR) is 62.4 cm³/mol. The number of benzene rings is 1. The molecule has 3 nitrogen and oxygen atoms in total. The fraction of sp³-hybridized carbons (Fsp3) is 0.455. The molecule has 0 saturated heterocycles. The molecule has 0 amide bonds. The van der Waals surface area contributed by atoms with Crippen LogP contribution in [0, 0.1) is 6.92 Å². The fourth-order valence-electron chi connectivity index (χ4n) is 1.29. The summed E-state index contributed by atoms with van der Waals surface area (Å²) in [7, 11) is -3.09. The number of sulfonamides is 1. The standard InChI is InChI=1S/C11H17NO2S/c1-9-4-6-11(7-5-9)10(2)8-12-15(3,13)14/h4-7,10,12H,8H2,1-3H3. The van der Waals surface area contributed by atoms with Gasteiger partial charge in [0, 0.05) is 6.54 Å². The maximum atomic E-state index is 10.9. The molecule has 1 aromatic carbocycles. The monoisotopic (exact) mass is 227 g/mol. The van der Waals surface area contributed by atoms with Crippen LogP contribution < -0.4 is 4.72 Å². The molecule has 1 atom stereocenters. The van der Waals surface area contributed by atoms with Crippen LogP contribution in [0.15, 0.2) is 24.3 Å². The molecule has 1 rings (SSSR count). The largest absolute Gasteiger partial charge is 0.215 e. The van der Waals surface area contributed by atoms with Gasteiger partial charge in [0.25, 0.3) is 0 Å². The molecule has 0 bridgehead atoms. The van der Waals surface area contributed by atoms with Crippen molar-refractivity contribution < 1.29 is 8.42 Å². The van der Waals surface area contributed by atoms with Gasteiger partial charge in [-0.15, -0.1) is 0 Å². The number of nitrogens with one attached hydrogen (secondary N) is 1. The van der Waals surface area contributed by atoms with Crippen LogP contribution in [-0.4, -0.2) is 21.2 Å². The molecule has 0 fully saturated rings. The minimum Gasteiger partial charge on any atom is -0.215 e. The summed E-state index contributed by atoms with van der Waals surface area (Å²) in [6.45, 7) is 4.48. The van der Waals surface area contributed by atoms with Gasteiger partial charge in [0.2, 0.25) is 10.0 Å². The molecule has 4 heteroatoms. The highest BCUT2D eigenvalue weighted by atomic mass is 32.2. The molecule has 0 heterocycles. The van der Waals surface area contributed by atoms with E-state index < -0.39 is 10.0 Å². The number of aryl methyl sites for hydroxylation is 1. The molecular formula is C11H17NO2S. The van der Waals surface area contributed by atoms with Crippen molar-refractivity contribution in [3.05, 3.63) is 35.4 Å². The van der Waals surface area contributed by atoms with Crippen LogP contribution in [0.5, 0.6) is 0 Å². The molecule has 84 valence electrons. The molecule has 0 aliphatic rings. The van der Waals surface area contributed by atoms with Crippen LogP contribution in [0.1, 0.15) is 24.0 Å². The second-order valence-electron chi connectivity index (χ2n) is 3.93. The zero-order chi connectivity index (χ0) is 11.5. The Hall–Kier alpha value is -0.870. The van der Waals surface area contributed by atoms with Crippen molar-refractivity contribution in [2.45, 2.75) is 19.8 Å². The number of rotatable bonds is 4. The van der Waals surface area contributed by atoms with Crippen LogP contribution >= 0.6 is 0 Å². The summed E-state index contributed by atoms with van der Waals surface area (Å²) in [4.78, 5) is 0. The summed E-state index contributed by atoms with van der Waals surface area (Å²) >= 11 is 0. The van der Waals surface area contributed by atoms with Crippen molar-refractivity contribution >= 4 is 10.0 Å². The first-order chi connectivity index (χ1) is 6.88. The van der Waals surface area contributed by atoms with Crippen molar-refractivity contribution in [2.24, 2.45) is 0 Å². The van der Waals surface area contributed by atoms with Gasteiger partial charge in [0.15, 0.2) is 0 Å². The molecule has 0 aromatic heterocycles. The van der Waals surface area contributed by atoms with Gasteiger partial charge in [-0.3, -0.25) is 0 Å². The molecule has 0 saturated carbocycles. The maximum absolute atomic E-state index is 10.9. The van der Waals surface area contributed by atoms with Gasteiger partial charge in [-0.1, -0.05) is 36.8 Å². The zero-order valence-corrected chi connectivity index (χ0v) is 10.1. The summed E-state index contributed by atoms with van der Waals surface area (Å²) < 4.78 is 24.3. The van der Waals surface area contributed by atoms with Gasteiger partial charge >= 0.3 is 0 Å². The third-order valence-corrected chi connectivity index (χ3v) is 2.99. The van der Waals surface area contributed by atoms with Crippen LogP contribution in [0.25, 0.3) is 0 Å². The highest BCUT2D eigenvalue weighted by Crippen LogP contribution is 2.14. The fourth-order valence-corrected chi connectivity index (χ4v) is 1.84. The summed E-state index contributed by atoms with van der Waals surface area (Å²) in [6, 6.07) is 8.13. The lowest BCUT2D eigenvalue weighted by atomic mass is 10.0. The van der Waals surface area contributed by atoms with Crippen molar-refractivity contribution in [2.75, 3.05) is 12.8 Å². The quantitative estimate of drug-likeness (QED) is 0.850. The SMILES string of the molecule is Cc1ccc(C(C)CNS(C)(=O)=O)cc1. The average molecular weight is 227 g/mol. The molecule has 1 unspecified atom stereocenters. The van der Waals surface area contributed by atoms with Crippen LogP contribution in [0.3, 0.4) is 0 Å². The topological polar surface area (TPSA) is 46.2 Å². The molecule has 1 aromatic rings. The normalized spacial score (nSPS) is 13.8. The minimum atomic E-state index is -3.09. The van der Waals surface area contributed by atoms with Gasteiger partial charge in [0.05, 0.1) is 6.26 Å². The van der Waals surface area contributed by atoms with Crippen LogP contribution in [-0.2, 0) is 10.0 Å². The van der Waals surface area contributed by atoms with Gasteiger partial charge in [-0.25, -0.2) is 13.1 Å². The van der Waals surface area contributed by atoms with E-state index in [1.54, 1.807) is 0 Å². The summed E-state index contributed by atoms with van der Waals surface area (Å²) in [6.07, 6.45) is 1.18. The van der Waals surface area contributed by atoms with E-state index in [4.69, 9.17) is 0 Å². The Kier molecular flexibility index (Phi) is 3.88. The van der Waals surface area contributed by atoms with Gasteiger partial charge < -0.3 is 0 Å². The first-order valence-electron chi connectivity index (χ1n) is 4.89. The third kappa shape index (κ3) is 4.44. The second-order valence-corrected chi connectivity index (χ2v) is 5.77. The van der Waals surface area contributed by atoms with Crippen LogP contribution in [0.2, 0.25) is 0 Å². The van der Waals surface area contributed by atoms with Gasteiger partial charge in [-0.05, 0) is 18.4 Å². The van der Waals surface area contributed by atoms with E-state index in [0.717, 1.165) is 5.56 Å². The highest BCUT2D eigenvalue weighted by molar-refractivity contribution is 7.88. The molecule has 15 heavy (non-hydrogen) atoms. The second kappa shape index (κ2) is 4.77. The Bertz CT molecular complexity index is 409. The Morgan fingerprint density at radius 3 is 2.27 bits per heavy atom. The number of hydrogen-bond donors (Lipinski definition) is 1. The lowest BCUT2D eigenvalue weighted by Gasteiger charge is -2.12. The Morgan fingerprint density at radius 2 is 1.80 bits per heavy atom. The maximum Gasteiger partial charge on any atom is 0.208 e. The van der Waals surface area contributed by atoms with Crippen molar-refractivity contribution in [1.29, 1.82) is 0 Å².